The van der Waals surface area contributed by atoms with Gasteiger partial charge in [0, 0.05) is 18.1 Å². The summed E-state index contributed by atoms with van der Waals surface area (Å²) >= 11 is 1.50. The number of fused-ring (bicyclic) bond motifs is 5. The summed E-state index contributed by atoms with van der Waals surface area (Å²) < 4.78 is 0. The third-order valence-electron chi connectivity index (χ3n) is 5.32. The summed E-state index contributed by atoms with van der Waals surface area (Å²) in [5, 5.41) is 2.78. The predicted octanol–water partition coefficient (Wildman–Crippen LogP) is 1.22. The van der Waals surface area contributed by atoms with Gasteiger partial charge in [-0.3, -0.25) is 19.3 Å². The lowest BCUT2D eigenvalue weighted by Gasteiger charge is -2.21. The number of carbonyl (C=O) groups is 3. The number of carbonyl (C=O) groups excluding carboxylic acids is 3. The Labute approximate surface area is 144 Å². The lowest BCUT2D eigenvalue weighted by molar-refractivity contribution is -0.146. The summed E-state index contributed by atoms with van der Waals surface area (Å²) in [6.07, 6.45) is 5.01. The first-order valence-electron chi connectivity index (χ1n) is 8.14. The van der Waals surface area contributed by atoms with Crippen molar-refractivity contribution >= 4 is 29.1 Å². The van der Waals surface area contributed by atoms with E-state index in [0.717, 1.165) is 17.1 Å². The number of imide groups is 1. The highest BCUT2D eigenvalue weighted by Gasteiger charge is 2.59. The molecule has 0 unspecified atom stereocenters. The average molecular weight is 345 g/mol. The van der Waals surface area contributed by atoms with Crippen molar-refractivity contribution in [3.05, 3.63) is 28.2 Å². The number of likely N-dealkylation sites (N-methyl/N-ethyl adjacent to an activating group) is 1. The van der Waals surface area contributed by atoms with Crippen molar-refractivity contribution in [2.75, 3.05) is 13.6 Å². The van der Waals surface area contributed by atoms with E-state index in [4.69, 9.17) is 0 Å². The summed E-state index contributed by atoms with van der Waals surface area (Å²) in [6, 6.07) is 0. The van der Waals surface area contributed by atoms with Crippen LogP contribution in [0.25, 0.3) is 0 Å². The Bertz CT molecular complexity index is 726. The zero-order chi connectivity index (χ0) is 17.0. The van der Waals surface area contributed by atoms with Crippen LogP contribution in [0.1, 0.15) is 17.1 Å². The third kappa shape index (κ3) is 2.30. The van der Waals surface area contributed by atoms with Gasteiger partial charge in [-0.2, -0.15) is 0 Å². The van der Waals surface area contributed by atoms with Crippen LogP contribution in [0.5, 0.6) is 0 Å². The molecule has 4 atom stereocenters. The summed E-state index contributed by atoms with van der Waals surface area (Å²) in [6.45, 7) is 2.14. The van der Waals surface area contributed by atoms with Gasteiger partial charge in [0.1, 0.15) is 11.6 Å². The molecule has 0 aromatic carbocycles. The molecule has 126 valence electrons. The fraction of sp³-hybridized carbons (Fsp3) is 0.529. The fourth-order valence-electron chi connectivity index (χ4n) is 4.14. The van der Waals surface area contributed by atoms with E-state index in [0.29, 0.717) is 6.54 Å². The van der Waals surface area contributed by atoms with Gasteiger partial charge in [0.25, 0.3) is 0 Å². The molecule has 1 saturated carbocycles. The third-order valence-corrected chi connectivity index (χ3v) is 6.27. The van der Waals surface area contributed by atoms with E-state index in [1.165, 1.54) is 21.1 Å². The summed E-state index contributed by atoms with van der Waals surface area (Å²) in [5.74, 6) is -0.716. The van der Waals surface area contributed by atoms with Gasteiger partial charge in [0.15, 0.2) is 0 Å². The number of allylic oxidation sites excluding steroid dienone is 2. The second-order valence-corrected chi connectivity index (χ2v) is 7.84. The highest BCUT2D eigenvalue weighted by Crippen LogP contribution is 2.52. The van der Waals surface area contributed by atoms with Crippen LogP contribution in [0.15, 0.2) is 17.5 Å². The average Bonchev–Trinajstić information content (AvgIpc) is 3.29. The quantitative estimate of drug-likeness (QED) is 0.608. The van der Waals surface area contributed by atoms with E-state index in [9.17, 15) is 14.4 Å². The van der Waals surface area contributed by atoms with Gasteiger partial charge < -0.3 is 4.90 Å². The van der Waals surface area contributed by atoms with Gasteiger partial charge in [0.2, 0.25) is 17.7 Å². The second kappa shape index (κ2) is 5.51. The number of rotatable bonds is 4. The van der Waals surface area contributed by atoms with Gasteiger partial charge in [-0.1, -0.05) is 12.2 Å². The molecule has 0 radical (unpaired) electrons. The van der Waals surface area contributed by atoms with Gasteiger partial charge in [-0.25, -0.2) is 4.98 Å². The maximum absolute atomic E-state index is 12.6. The minimum atomic E-state index is -0.243. The number of hydrogen-bond acceptors (Lipinski definition) is 5. The van der Waals surface area contributed by atoms with E-state index in [1.54, 1.807) is 7.05 Å². The fourth-order valence-corrected chi connectivity index (χ4v) is 4.97. The maximum Gasteiger partial charge on any atom is 0.242 e. The molecule has 24 heavy (non-hydrogen) atoms. The molecule has 3 amide bonds. The molecular formula is C17H19N3O3S. The number of aromatic nitrogens is 1. The summed E-state index contributed by atoms with van der Waals surface area (Å²) in [7, 11) is 1.68. The van der Waals surface area contributed by atoms with Crippen LogP contribution in [0.2, 0.25) is 0 Å². The highest BCUT2D eigenvalue weighted by atomic mass is 32.1. The lowest BCUT2D eigenvalue weighted by Crippen LogP contribution is -2.42. The van der Waals surface area contributed by atoms with Crippen molar-refractivity contribution in [3.63, 3.8) is 0 Å². The first kappa shape index (κ1) is 15.5. The van der Waals surface area contributed by atoms with E-state index in [-0.39, 0.29) is 47.9 Å². The Morgan fingerprint density at radius 1 is 1.29 bits per heavy atom. The lowest BCUT2D eigenvalue weighted by atomic mass is 9.85. The number of aryl methyl sites for hydroxylation is 1. The standard InChI is InChI=1S/C17H19N3O3S/c1-9-8-24-12(18-9)6-19(2)13(21)7-20-16(22)14-10-3-4-11(5-10)15(14)17(20)23/h3-4,8,10-11,14-15H,5-7H2,1-2H3/t10-,11-,14-,15-/m0/s1. The van der Waals surface area contributed by atoms with Crippen LogP contribution in [-0.4, -0.2) is 46.1 Å². The molecule has 1 aromatic rings. The smallest absolute Gasteiger partial charge is 0.242 e. The summed E-state index contributed by atoms with van der Waals surface area (Å²) in [4.78, 5) is 44.7. The Morgan fingerprint density at radius 3 is 2.46 bits per heavy atom. The van der Waals surface area contributed by atoms with E-state index < -0.39 is 0 Å². The van der Waals surface area contributed by atoms with Crippen LogP contribution in [0.4, 0.5) is 0 Å². The Morgan fingerprint density at radius 2 is 1.92 bits per heavy atom. The molecule has 2 bridgehead atoms. The Kier molecular flexibility index (Phi) is 3.56. The van der Waals surface area contributed by atoms with Gasteiger partial charge in [-0.05, 0) is 25.2 Å². The molecule has 2 heterocycles. The molecular weight excluding hydrogens is 326 g/mol. The predicted molar refractivity (Wildman–Crippen MR) is 87.8 cm³/mol. The van der Waals surface area contributed by atoms with Gasteiger partial charge >= 0.3 is 0 Å². The molecule has 7 heteroatoms. The van der Waals surface area contributed by atoms with Crippen molar-refractivity contribution in [3.8, 4) is 0 Å². The molecule has 0 spiro atoms. The number of thiazole rings is 1. The summed E-state index contributed by atoms with van der Waals surface area (Å²) in [5.41, 5.74) is 0.927. The van der Waals surface area contributed by atoms with Crippen LogP contribution < -0.4 is 0 Å². The Hall–Kier alpha value is -2.02. The number of nitrogens with zero attached hydrogens (tertiary/aromatic N) is 3. The van der Waals surface area contributed by atoms with Crippen molar-refractivity contribution in [2.45, 2.75) is 19.9 Å². The Balaban J connectivity index is 1.43. The van der Waals surface area contributed by atoms with E-state index >= 15 is 0 Å². The molecule has 4 rings (SSSR count). The number of amides is 3. The first-order valence-corrected chi connectivity index (χ1v) is 9.02. The topological polar surface area (TPSA) is 70.6 Å². The van der Waals surface area contributed by atoms with Crippen molar-refractivity contribution in [2.24, 2.45) is 23.7 Å². The molecule has 6 nitrogen and oxygen atoms in total. The molecule has 3 aliphatic rings. The largest absolute Gasteiger partial charge is 0.337 e. The highest BCUT2D eigenvalue weighted by molar-refractivity contribution is 7.09. The number of hydrogen-bond donors (Lipinski definition) is 0. The molecule has 2 fully saturated rings. The molecule has 2 aliphatic carbocycles. The maximum atomic E-state index is 12.6. The van der Waals surface area contributed by atoms with Crippen LogP contribution in [0, 0.1) is 30.6 Å². The molecule has 0 N–H and O–H groups in total. The van der Waals surface area contributed by atoms with E-state index in [2.05, 4.69) is 17.1 Å². The van der Waals surface area contributed by atoms with Crippen molar-refractivity contribution in [1.82, 2.24) is 14.8 Å². The zero-order valence-corrected chi connectivity index (χ0v) is 14.5. The van der Waals surface area contributed by atoms with Crippen molar-refractivity contribution < 1.29 is 14.4 Å². The zero-order valence-electron chi connectivity index (χ0n) is 13.6. The number of likely N-dealkylation sites (tertiary alicyclic amines) is 1. The minimum absolute atomic E-state index is 0.162. The van der Waals surface area contributed by atoms with Crippen LogP contribution in [-0.2, 0) is 20.9 Å². The second-order valence-electron chi connectivity index (χ2n) is 6.89. The molecule has 1 saturated heterocycles. The van der Waals surface area contributed by atoms with Gasteiger partial charge in [-0.15, -0.1) is 11.3 Å². The van der Waals surface area contributed by atoms with Crippen LogP contribution >= 0.6 is 11.3 Å². The first-order chi connectivity index (χ1) is 11.5. The van der Waals surface area contributed by atoms with Crippen molar-refractivity contribution in [1.29, 1.82) is 0 Å². The normalized spacial score (nSPS) is 30.3. The SMILES string of the molecule is Cc1csc(CN(C)C(=O)CN2C(=O)[C@@H]3[C@@H](C2=O)[C@H]2C=C[C@H]3C2)n1. The van der Waals surface area contributed by atoms with Gasteiger partial charge in [0.05, 0.1) is 18.4 Å². The van der Waals surface area contributed by atoms with Crippen LogP contribution in [0.3, 0.4) is 0 Å². The van der Waals surface area contributed by atoms with E-state index in [1.807, 2.05) is 12.3 Å². The minimum Gasteiger partial charge on any atom is -0.337 e. The molecule has 1 aliphatic heterocycles. The monoisotopic (exact) mass is 345 g/mol. The molecule has 1 aromatic heterocycles.